The maximum atomic E-state index is 13.2. The number of hydrogen-bond donors (Lipinski definition) is 2. The number of aliphatic hydroxyl groups excluding tert-OH is 2. The third kappa shape index (κ3) is 3.44. The molecule has 1 unspecified atom stereocenters. The zero-order valence-electron chi connectivity index (χ0n) is 8.15. The van der Waals surface area contributed by atoms with Gasteiger partial charge in [-0.15, -0.1) is 0 Å². The molecule has 5 heteroatoms. The first-order valence-electron chi connectivity index (χ1n) is 4.52. The summed E-state index contributed by atoms with van der Waals surface area (Å²) in [6, 6.07) is 4.19. The molecule has 2 atom stereocenters. The molecule has 0 saturated heterocycles. The van der Waals surface area contributed by atoms with Crippen LogP contribution in [0.4, 0.5) is 4.39 Å². The lowest BCUT2D eigenvalue weighted by molar-refractivity contribution is -0.105. The number of rotatable bonds is 4. The minimum atomic E-state index is -1.41. The first-order chi connectivity index (χ1) is 7.04. The van der Waals surface area contributed by atoms with Gasteiger partial charge >= 0.3 is 0 Å². The molecule has 1 rings (SSSR count). The van der Waals surface area contributed by atoms with Crippen LogP contribution in [0, 0.1) is 5.82 Å². The highest BCUT2D eigenvalue weighted by Crippen LogP contribution is 2.22. The van der Waals surface area contributed by atoms with Crippen LogP contribution >= 0.6 is 15.9 Å². The summed E-state index contributed by atoms with van der Waals surface area (Å²) < 4.78 is 18.7. The molecule has 0 bridgehead atoms. The van der Waals surface area contributed by atoms with Gasteiger partial charge in [0.05, 0.1) is 0 Å². The van der Waals surface area contributed by atoms with Crippen molar-refractivity contribution in [2.45, 2.75) is 25.7 Å². The van der Waals surface area contributed by atoms with E-state index in [1.807, 2.05) is 0 Å². The summed E-state index contributed by atoms with van der Waals surface area (Å²) in [5, 5.41) is 18.5. The highest BCUT2D eigenvalue weighted by molar-refractivity contribution is 9.10. The van der Waals surface area contributed by atoms with Gasteiger partial charge < -0.3 is 14.9 Å². The molecule has 0 radical (unpaired) electrons. The van der Waals surface area contributed by atoms with Crippen LogP contribution in [0.15, 0.2) is 22.7 Å². The fourth-order valence-electron chi connectivity index (χ4n) is 0.981. The predicted molar refractivity (Wildman–Crippen MR) is 57.0 cm³/mol. The van der Waals surface area contributed by atoms with Gasteiger partial charge in [-0.05, 0) is 24.6 Å². The first kappa shape index (κ1) is 12.4. The zero-order chi connectivity index (χ0) is 11.4. The van der Waals surface area contributed by atoms with Crippen LogP contribution in [-0.2, 0) is 0 Å². The van der Waals surface area contributed by atoms with Gasteiger partial charge in [-0.2, -0.15) is 0 Å². The molecule has 0 saturated carbocycles. The smallest absolute Gasteiger partial charge is 0.223 e. The summed E-state index contributed by atoms with van der Waals surface area (Å²) in [4.78, 5) is 0. The molecular formula is C10H12BrFO3. The molecule has 1 aromatic carbocycles. The van der Waals surface area contributed by atoms with Crippen LogP contribution in [0.1, 0.15) is 13.3 Å². The Hall–Kier alpha value is -0.650. The van der Waals surface area contributed by atoms with E-state index in [9.17, 15) is 14.6 Å². The fourth-order valence-corrected chi connectivity index (χ4v) is 1.31. The Morgan fingerprint density at radius 2 is 2.13 bits per heavy atom. The summed E-state index contributed by atoms with van der Waals surface area (Å²) in [7, 11) is 0. The number of ether oxygens (including phenoxy) is 1. The molecule has 0 fully saturated rings. The minimum absolute atomic E-state index is 0.0850. The number of aliphatic hydroxyl groups is 2. The van der Waals surface area contributed by atoms with Gasteiger partial charge in [0.1, 0.15) is 6.10 Å². The van der Waals surface area contributed by atoms with Crippen molar-refractivity contribution in [2.24, 2.45) is 0 Å². The van der Waals surface area contributed by atoms with Crippen molar-refractivity contribution in [1.29, 1.82) is 0 Å². The molecule has 0 aromatic heterocycles. The maximum absolute atomic E-state index is 13.2. The second-order valence-corrected chi connectivity index (χ2v) is 3.97. The lowest BCUT2D eigenvalue weighted by Crippen LogP contribution is -2.30. The van der Waals surface area contributed by atoms with Crippen LogP contribution in [-0.4, -0.2) is 22.6 Å². The van der Waals surface area contributed by atoms with Gasteiger partial charge in [-0.3, -0.25) is 0 Å². The van der Waals surface area contributed by atoms with E-state index in [1.165, 1.54) is 12.1 Å². The van der Waals surface area contributed by atoms with Crippen molar-refractivity contribution in [3.63, 3.8) is 0 Å². The van der Waals surface area contributed by atoms with Crippen LogP contribution in [0.5, 0.6) is 5.75 Å². The third-order valence-corrected chi connectivity index (χ3v) is 2.38. The minimum Gasteiger partial charge on any atom is -0.459 e. The topological polar surface area (TPSA) is 49.7 Å². The van der Waals surface area contributed by atoms with Crippen LogP contribution in [0.25, 0.3) is 0 Å². The van der Waals surface area contributed by atoms with Crippen LogP contribution in [0.2, 0.25) is 0 Å². The Bertz CT molecular complexity index is 332. The standard InChI is InChI=1S/C10H12BrFO3/c1-2-8(13)10(14)15-9-4-3-6(11)5-7(9)12/h3-5,8,10,13-14H,2H2,1H3/t8?,10-/m0/s1. The van der Waals surface area contributed by atoms with Gasteiger partial charge in [0, 0.05) is 4.47 Å². The molecule has 3 nitrogen and oxygen atoms in total. The monoisotopic (exact) mass is 278 g/mol. The average Bonchev–Trinajstić information content (AvgIpc) is 2.20. The summed E-state index contributed by atoms with van der Waals surface area (Å²) in [6.45, 7) is 1.69. The largest absolute Gasteiger partial charge is 0.459 e. The van der Waals surface area contributed by atoms with Crippen LogP contribution < -0.4 is 4.74 Å². The molecule has 1 aromatic rings. The SMILES string of the molecule is CCC(O)[C@@H](O)Oc1ccc(Br)cc1F. The molecule has 0 heterocycles. The Balaban J connectivity index is 2.72. The molecule has 0 aliphatic rings. The van der Waals surface area contributed by atoms with E-state index < -0.39 is 18.2 Å². The van der Waals surface area contributed by atoms with Crippen molar-refractivity contribution in [1.82, 2.24) is 0 Å². The van der Waals surface area contributed by atoms with E-state index in [1.54, 1.807) is 13.0 Å². The van der Waals surface area contributed by atoms with E-state index >= 15 is 0 Å². The van der Waals surface area contributed by atoms with Gasteiger partial charge in [-0.25, -0.2) is 4.39 Å². The Labute approximate surface area is 95.6 Å². The summed E-state index contributed by atoms with van der Waals surface area (Å²) >= 11 is 3.10. The highest BCUT2D eigenvalue weighted by Gasteiger charge is 2.17. The van der Waals surface area contributed by atoms with E-state index in [4.69, 9.17) is 4.74 Å². The lowest BCUT2D eigenvalue weighted by Gasteiger charge is -2.18. The van der Waals surface area contributed by atoms with E-state index in [0.717, 1.165) is 0 Å². The Morgan fingerprint density at radius 1 is 1.47 bits per heavy atom. The number of benzene rings is 1. The molecular weight excluding hydrogens is 267 g/mol. The van der Waals surface area contributed by atoms with Crippen molar-refractivity contribution >= 4 is 15.9 Å². The molecule has 84 valence electrons. The van der Waals surface area contributed by atoms with Gasteiger partial charge in [-0.1, -0.05) is 22.9 Å². The van der Waals surface area contributed by atoms with Crippen molar-refractivity contribution < 1.29 is 19.3 Å². The van der Waals surface area contributed by atoms with Crippen LogP contribution in [0.3, 0.4) is 0 Å². The zero-order valence-corrected chi connectivity index (χ0v) is 9.74. The molecule has 15 heavy (non-hydrogen) atoms. The molecule has 0 amide bonds. The molecule has 2 N–H and O–H groups in total. The highest BCUT2D eigenvalue weighted by atomic mass is 79.9. The van der Waals surface area contributed by atoms with Crippen molar-refractivity contribution in [3.8, 4) is 5.75 Å². The fraction of sp³-hybridized carbons (Fsp3) is 0.400. The lowest BCUT2D eigenvalue weighted by atomic mass is 10.2. The summed E-state index contributed by atoms with van der Waals surface area (Å²) in [5.41, 5.74) is 0. The summed E-state index contributed by atoms with van der Waals surface area (Å²) in [5.74, 6) is -0.676. The normalized spacial score (nSPS) is 14.7. The molecule has 0 aliphatic carbocycles. The summed E-state index contributed by atoms with van der Waals surface area (Å²) in [6.07, 6.45) is -2.10. The van der Waals surface area contributed by atoms with E-state index in [0.29, 0.717) is 10.9 Å². The van der Waals surface area contributed by atoms with E-state index in [-0.39, 0.29) is 5.75 Å². The van der Waals surface area contributed by atoms with Crippen molar-refractivity contribution in [3.05, 3.63) is 28.5 Å². The van der Waals surface area contributed by atoms with E-state index in [2.05, 4.69) is 15.9 Å². The molecule has 0 aliphatic heterocycles. The number of halogens is 2. The maximum Gasteiger partial charge on any atom is 0.223 e. The quantitative estimate of drug-likeness (QED) is 0.829. The van der Waals surface area contributed by atoms with Crippen molar-refractivity contribution in [2.75, 3.05) is 0 Å². The third-order valence-electron chi connectivity index (χ3n) is 1.89. The average molecular weight is 279 g/mol. The second kappa shape index (κ2) is 5.44. The van der Waals surface area contributed by atoms with Gasteiger partial charge in [0.2, 0.25) is 6.29 Å². The Kier molecular flexibility index (Phi) is 4.50. The molecule has 0 spiro atoms. The predicted octanol–water partition coefficient (Wildman–Crippen LogP) is 2.06. The van der Waals surface area contributed by atoms with Gasteiger partial charge in [0.25, 0.3) is 0 Å². The van der Waals surface area contributed by atoms with Gasteiger partial charge in [0.15, 0.2) is 11.6 Å². The second-order valence-electron chi connectivity index (χ2n) is 3.06. The number of hydrogen-bond acceptors (Lipinski definition) is 3. The first-order valence-corrected chi connectivity index (χ1v) is 5.31. The Morgan fingerprint density at radius 3 is 2.67 bits per heavy atom.